The summed E-state index contributed by atoms with van der Waals surface area (Å²) in [6, 6.07) is 2.59. The first kappa shape index (κ1) is 15.4. The molecule has 21 heavy (non-hydrogen) atoms. The van der Waals surface area contributed by atoms with Crippen molar-refractivity contribution in [1.29, 1.82) is 0 Å². The number of hydrogen-bond donors (Lipinski definition) is 2. The van der Waals surface area contributed by atoms with Gasteiger partial charge in [0.1, 0.15) is 17.2 Å². The number of carboxylic acids is 1. The molecule has 1 aliphatic carbocycles. The molecule has 1 fully saturated rings. The second kappa shape index (κ2) is 5.79. The molecule has 1 saturated carbocycles. The monoisotopic (exact) mass is 297 g/mol. The van der Waals surface area contributed by atoms with Gasteiger partial charge in [0.2, 0.25) is 0 Å². The van der Waals surface area contributed by atoms with Crippen LogP contribution in [0, 0.1) is 17.6 Å². The van der Waals surface area contributed by atoms with Gasteiger partial charge in [-0.2, -0.15) is 0 Å². The first-order chi connectivity index (χ1) is 9.86. The molecule has 6 heteroatoms. The molecule has 2 atom stereocenters. The number of amides is 1. The number of carbonyl (C=O) groups is 2. The van der Waals surface area contributed by atoms with Crippen LogP contribution in [0.1, 0.15) is 43.0 Å². The smallest absolute Gasteiger partial charge is 0.329 e. The number of nitrogens with one attached hydrogen (secondary N) is 1. The summed E-state index contributed by atoms with van der Waals surface area (Å²) >= 11 is 0. The summed E-state index contributed by atoms with van der Waals surface area (Å²) < 4.78 is 26.5. The highest BCUT2D eigenvalue weighted by molar-refractivity contribution is 5.98. The van der Waals surface area contributed by atoms with Gasteiger partial charge in [-0.15, -0.1) is 0 Å². The van der Waals surface area contributed by atoms with Crippen LogP contribution in [-0.4, -0.2) is 22.5 Å². The van der Waals surface area contributed by atoms with E-state index in [1.54, 1.807) is 6.92 Å². The highest BCUT2D eigenvalue weighted by Crippen LogP contribution is 2.34. The third-order valence-electron chi connectivity index (χ3n) is 4.19. The van der Waals surface area contributed by atoms with E-state index in [-0.39, 0.29) is 11.5 Å². The van der Waals surface area contributed by atoms with Crippen molar-refractivity contribution < 1.29 is 23.5 Å². The van der Waals surface area contributed by atoms with Crippen LogP contribution >= 0.6 is 0 Å². The molecule has 1 aliphatic rings. The van der Waals surface area contributed by atoms with Crippen LogP contribution in [0.2, 0.25) is 0 Å². The number of rotatable bonds is 3. The van der Waals surface area contributed by atoms with Gasteiger partial charge in [-0.1, -0.05) is 19.8 Å². The second-order valence-electron chi connectivity index (χ2n) is 5.50. The zero-order valence-corrected chi connectivity index (χ0v) is 11.7. The van der Waals surface area contributed by atoms with Crippen LogP contribution in [0.15, 0.2) is 18.2 Å². The van der Waals surface area contributed by atoms with E-state index < -0.39 is 29.0 Å². The van der Waals surface area contributed by atoms with E-state index in [1.165, 1.54) is 0 Å². The average Bonchev–Trinajstić information content (AvgIpc) is 2.41. The third-order valence-corrected chi connectivity index (χ3v) is 4.19. The summed E-state index contributed by atoms with van der Waals surface area (Å²) in [6.45, 7) is 1.76. The van der Waals surface area contributed by atoms with Gasteiger partial charge >= 0.3 is 5.97 Å². The third kappa shape index (κ3) is 2.89. The van der Waals surface area contributed by atoms with Crippen LogP contribution in [0.4, 0.5) is 8.78 Å². The predicted molar refractivity (Wildman–Crippen MR) is 71.8 cm³/mol. The topological polar surface area (TPSA) is 66.4 Å². The molecule has 4 nitrogen and oxygen atoms in total. The van der Waals surface area contributed by atoms with E-state index in [1.807, 2.05) is 0 Å². The normalized spacial score (nSPS) is 25.4. The maximum Gasteiger partial charge on any atom is 0.329 e. The van der Waals surface area contributed by atoms with Gasteiger partial charge in [-0.3, -0.25) is 4.79 Å². The van der Waals surface area contributed by atoms with Crippen molar-refractivity contribution in [2.24, 2.45) is 5.92 Å². The lowest BCUT2D eigenvalue weighted by atomic mass is 9.73. The minimum atomic E-state index is -1.39. The van der Waals surface area contributed by atoms with Crippen molar-refractivity contribution in [2.75, 3.05) is 0 Å². The average molecular weight is 297 g/mol. The van der Waals surface area contributed by atoms with Crippen molar-refractivity contribution in [3.63, 3.8) is 0 Å². The fraction of sp³-hybridized carbons (Fsp3) is 0.467. The van der Waals surface area contributed by atoms with Crippen LogP contribution in [-0.2, 0) is 4.79 Å². The fourth-order valence-electron chi connectivity index (χ4n) is 2.85. The molecular weight excluding hydrogens is 280 g/mol. The molecule has 0 aliphatic heterocycles. The van der Waals surface area contributed by atoms with Crippen molar-refractivity contribution >= 4 is 11.9 Å². The number of carbonyl (C=O) groups excluding carboxylic acids is 1. The fourth-order valence-corrected chi connectivity index (χ4v) is 2.85. The van der Waals surface area contributed by atoms with Crippen LogP contribution in [0.3, 0.4) is 0 Å². The molecule has 114 valence electrons. The van der Waals surface area contributed by atoms with Crippen LogP contribution in [0.5, 0.6) is 0 Å². The Balaban J connectivity index is 2.28. The molecule has 1 aromatic carbocycles. The molecule has 2 N–H and O–H groups in total. The molecule has 1 amide bonds. The Labute approximate surface area is 121 Å². The molecule has 0 bridgehead atoms. The Morgan fingerprint density at radius 3 is 2.62 bits per heavy atom. The summed E-state index contributed by atoms with van der Waals surface area (Å²) in [5, 5.41) is 12.0. The second-order valence-corrected chi connectivity index (χ2v) is 5.50. The molecule has 0 aromatic heterocycles. The van der Waals surface area contributed by atoms with E-state index in [0.29, 0.717) is 25.3 Å². The van der Waals surface area contributed by atoms with Gasteiger partial charge in [0, 0.05) is 6.07 Å². The number of carboxylic acid groups (broad SMARTS) is 1. The zero-order chi connectivity index (χ0) is 15.6. The van der Waals surface area contributed by atoms with Gasteiger partial charge in [-0.05, 0) is 30.9 Å². The molecule has 2 rings (SSSR count). The Kier molecular flexibility index (Phi) is 4.25. The van der Waals surface area contributed by atoms with Gasteiger partial charge < -0.3 is 10.4 Å². The summed E-state index contributed by atoms with van der Waals surface area (Å²) in [5.41, 5.74) is -1.74. The molecule has 0 heterocycles. The minimum Gasteiger partial charge on any atom is -0.479 e. The maximum atomic E-state index is 13.6. The molecule has 0 spiro atoms. The molecule has 1 aromatic rings. The van der Waals surface area contributed by atoms with Crippen molar-refractivity contribution in [3.05, 3.63) is 35.4 Å². The van der Waals surface area contributed by atoms with Crippen molar-refractivity contribution in [1.82, 2.24) is 5.32 Å². The summed E-state index contributed by atoms with van der Waals surface area (Å²) in [4.78, 5) is 23.8. The van der Waals surface area contributed by atoms with Gasteiger partial charge in [0.05, 0.1) is 5.56 Å². The van der Waals surface area contributed by atoms with Crippen molar-refractivity contribution in [3.8, 4) is 0 Å². The Bertz CT molecular complexity index is 576. The number of benzene rings is 1. The lowest BCUT2D eigenvalue weighted by Gasteiger charge is -2.39. The molecule has 0 radical (unpaired) electrons. The van der Waals surface area contributed by atoms with Crippen LogP contribution in [0.25, 0.3) is 0 Å². The van der Waals surface area contributed by atoms with E-state index in [0.717, 1.165) is 18.6 Å². The van der Waals surface area contributed by atoms with Gasteiger partial charge in [0.25, 0.3) is 5.91 Å². The summed E-state index contributed by atoms with van der Waals surface area (Å²) in [5.74, 6) is -4.00. The quantitative estimate of drug-likeness (QED) is 0.901. The summed E-state index contributed by atoms with van der Waals surface area (Å²) in [6.07, 6.45) is 2.57. The lowest BCUT2D eigenvalue weighted by Crippen LogP contribution is -2.60. The number of aliphatic carboxylic acids is 1. The van der Waals surface area contributed by atoms with E-state index in [9.17, 15) is 23.5 Å². The molecular formula is C15H17F2NO3. The van der Waals surface area contributed by atoms with Crippen LogP contribution < -0.4 is 5.32 Å². The van der Waals surface area contributed by atoms with Gasteiger partial charge in [0.15, 0.2) is 0 Å². The first-order valence-corrected chi connectivity index (χ1v) is 6.88. The number of halogens is 2. The molecule has 2 unspecified atom stereocenters. The summed E-state index contributed by atoms with van der Waals surface area (Å²) in [7, 11) is 0. The largest absolute Gasteiger partial charge is 0.479 e. The predicted octanol–water partition coefficient (Wildman–Crippen LogP) is 2.73. The minimum absolute atomic E-state index is 0.254. The maximum absolute atomic E-state index is 13.6. The van der Waals surface area contributed by atoms with E-state index >= 15 is 0 Å². The van der Waals surface area contributed by atoms with E-state index in [2.05, 4.69) is 5.32 Å². The Hall–Kier alpha value is -1.98. The highest BCUT2D eigenvalue weighted by Gasteiger charge is 2.46. The zero-order valence-electron chi connectivity index (χ0n) is 11.7. The number of hydrogen-bond acceptors (Lipinski definition) is 2. The lowest BCUT2D eigenvalue weighted by molar-refractivity contribution is -0.148. The highest BCUT2D eigenvalue weighted by atomic mass is 19.1. The Morgan fingerprint density at radius 2 is 2.05 bits per heavy atom. The SMILES string of the molecule is CC1CCCCC1(NC(=O)c1ccc(F)cc1F)C(=O)O. The standard InChI is InChI=1S/C15H17F2NO3/c1-9-4-2-3-7-15(9,14(20)21)18-13(19)11-6-5-10(16)8-12(11)17/h5-6,8-9H,2-4,7H2,1H3,(H,18,19)(H,20,21). The molecule has 0 saturated heterocycles. The van der Waals surface area contributed by atoms with Crippen molar-refractivity contribution in [2.45, 2.75) is 38.1 Å². The first-order valence-electron chi connectivity index (χ1n) is 6.88. The van der Waals surface area contributed by atoms with Gasteiger partial charge in [-0.25, -0.2) is 13.6 Å². The Morgan fingerprint density at radius 1 is 1.33 bits per heavy atom. The van der Waals surface area contributed by atoms with E-state index in [4.69, 9.17) is 0 Å².